The Balaban J connectivity index is 1.34. The molecule has 0 bridgehead atoms. The molecule has 6 rings (SSSR count). The van der Waals surface area contributed by atoms with E-state index in [1.807, 2.05) is 0 Å². The summed E-state index contributed by atoms with van der Waals surface area (Å²) in [7, 11) is 0. The van der Waals surface area contributed by atoms with E-state index in [2.05, 4.69) is 19.9 Å². The number of fused-ring (bicyclic) bond motifs is 2. The Labute approximate surface area is 209 Å². The highest BCUT2D eigenvalue weighted by Crippen LogP contribution is 2.36. The van der Waals surface area contributed by atoms with Crippen molar-refractivity contribution in [3.8, 4) is 11.1 Å². The molecule has 0 radical (unpaired) electrons. The molecule has 2 aromatic heterocycles. The van der Waals surface area contributed by atoms with Crippen LogP contribution in [0.4, 0.5) is 26.2 Å². The average molecular weight is 504 g/mol. The lowest BCUT2D eigenvalue weighted by Crippen LogP contribution is -2.21. The summed E-state index contributed by atoms with van der Waals surface area (Å²) in [5.41, 5.74) is 12.9. The summed E-state index contributed by atoms with van der Waals surface area (Å²) in [6.07, 6.45) is 4.65. The molecule has 1 aliphatic heterocycles. The Hall–Kier alpha value is -4.54. The van der Waals surface area contributed by atoms with Gasteiger partial charge >= 0.3 is 5.97 Å². The van der Waals surface area contributed by atoms with Crippen LogP contribution in [-0.4, -0.2) is 33.6 Å². The van der Waals surface area contributed by atoms with Crippen molar-refractivity contribution >= 4 is 34.3 Å². The fourth-order valence-electron chi connectivity index (χ4n) is 4.66. The van der Waals surface area contributed by atoms with E-state index >= 15 is 8.78 Å². The molecular formula is C26H22F2N6O3. The number of aromatic amines is 1. The molecule has 5 N–H and O–H groups in total. The second-order valence-electron chi connectivity index (χ2n) is 9.26. The van der Waals surface area contributed by atoms with Gasteiger partial charge in [0.05, 0.1) is 16.5 Å². The quantitative estimate of drug-likeness (QED) is 0.352. The number of nitrogens with zero attached hydrogens (tertiary/aromatic N) is 3. The molecule has 4 aromatic rings. The van der Waals surface area contributed by atoms with Crippen molar-refractivity contribution < 1.29 is 18.3 Å². The smallest absolute Gasteiger partial charge is 0.343 e. The van der Waals surface area contributed by atoms with Crippen molar-refractivity contribution in [1.29, 1.82) is 0 Å². The Morgan fingerprint density at radius 3 is 2.78 bits per heavy atom. The molecule has 0 atom stereocenters. The van der Waals surface area contributed by atoms with E-state index in [1.54, 1.807) is 24.4 Å². The lowest BCUT2D eigenvalue weighted by molar-refractivity contribution is 0.0470. The van der Waals surface area contributed by atoms with E-state index in [4.69, 9.17) is 16.2 Å². The second kappa shape index (κ2) is 8.54. The van der Waals surface area contributed by atoms with Crippen LogP contribution in [0.1, 0.15) is 34.3 Å². The SMILES string of the molecule is Nc1ncc(CN2CCc3cc(-c4c(F)cc5c(=O)c(C(=O)OC6CC6)c[nH]c5c4F)ccc32)c(N)n1. The molecule has 1 aliphatic carbocycles. The number of nitrogens with one attached hydrogen (secondary N) is 1. The third-order valence-corrected chi connectivity index (χ3v) is 6.72. The minimum atomic E-state index is -0.907. The van der Waals surface area contributed by atoms with Crippen LogP contribution in [0.3, 0.4) is 0 Å². The van der Waals surface area contributed by atoms with Gasteiger partial charge in [-0.2, -0.15) is 4.98 Å². The maximum absolute atomic E-state index is 15.6. The zero-order valence-corrected chi connectivity index (χ0v) is 19.6. The molecule has 1 fully saturated rings. The van der Waals surface area contributed by atoms with E-state index in [1.165, 1.54) is 0 Å². The fraction of sp³-hybridized carbons (Fsp3) is 0.231. The predicted molar refractivity (Wildman–Crippen MR) is 134 cm³/mol. The number of nitrogen functional groups attached to an aromatic ring is 2. The van der Waals surface area contributed by atoms with Gasteiger partial charge in [-0.15, -0.1) is 0 Å². The van der Waals surface area contributed by atoms with Crippen LogP contribution >= 0.6 is 0 Å². The maximum atomic E-state index is 15.6. The maximum Gasteiger partial charge on any atom is 0.343 e. The first kappa shape index (κ1) is 22.9. The van der Waals surface area contributed by atoms with Crippen LogP contribution in [0.25, 0.3) is 22.0 Å². The first-order chi connectivity index (χ1) is 17.8. The molecule has 1 saturated carbocycles. The fourth-order valence-corrected chi connectivity index (χ4v) is 4.66. The molecule has 188 valence electrons. The molecule has 2 aromatic carbocycles. The van der Waals surface area contributed by atoms with Gasteiger partial charge in [-0.25, -0.2) is 18.6 Å². The Bertz CT molecular complexity index is 1650. The number of ether oxygens (including phenoxy) is 1. The number of hydrogen-bond acceptors (Lipinski definition) is 8. The molecule has 9 nitrogen and oxygen atoms in total. The molecule has 11 heteroatoms. The van der Waals surface area contributed by atoms with Gasteiger partial charge in [0.1, 0.15) is 23.3 Å². The Kier molecular flexibility index (Phi) is 5.28. The van der Waals surface area contributed by atoms with Gasteiger partial charge in [0.25, 0.3) is 0 Å². The monoisotopic (exact) mass is 504 g/mol. The standard InChI is InChI=1S/C26H22F2N6O3/c27-18-8-16-22(31-10-17(23(16)35)25(36)37-15-2-3-15)21(28)20(18)13-1-4-19-12(7-13)5-6-34(19)11-14-9-32-26(30)33-24(14)29/h1,4,7-10,15H,2-3,5-6,11H2,(H,31,35)(H4,29,30,32,33). The molecule has 0 spiro atoms. The first-order valence-corrected chi connectivity index (χ1v) is 11.8. The Morgan fingerprint density at radius 1 is 1.22 bits per heavy atom. The van der Waals surface area contributed by atoms with Gasteiger partial charge in [0.15, 0.2) is 5.82 Å². The summed E-state index contributed by atoms with van der Waals surface area (Å²) >= 11 is 0. The van der Waals surface area contributed by atoms with Gasteiger partial charge in [-0.1, -0.05) is 6.07 Å². The number of hydrogen-bond donors (Lipinski definition) is 3. The number of rotatable bonds is 5. The first-order valence-electron chi connectivity index (χ1n) is 11.8. The molecule has 3 heterocycles. The van der Waals surface area contributed by atoms with Crippen LogP contribution < -0.4 is 21.8 Å². The number of carbonyl (C=O) groups is 1. The highest BCUT2D eigenvalue weighted by molar-refractivity contribution is 5.95. The molecule has 37 heavy (non-hydrogen) atoms. The van der Waals surface area contributed by atoms with Crippen LogP contribution in [0.15, 0.2) is 41.5 Å². The molecule has 2 aliphatic rings. The third-order valence-electron chi connectivity index (χ3n) is 6.72. The zero-order valence-electron chi connectivity index (χ0n) is 19.6. The summed E-state index contributed by atoms with van der Waals surface area (Å²) in [4.78, 5) is 37.8. The van der Waals surface area contributed by atoms with Crippen LogP contribution in [0.5, 0.6) is 0 Å². The van der Waals surface area contributed by atoms with E-state index in [-0.39, 0.29) is 34.1 Å². The summed E-state index contributed by atoms with van der Waals surface area (Å²) in [6.45, 7) is 1.14. The number of pyridine rings is 1. The number of anilines is 3. The summed E-state index contributed by atoms with van der Waals surface area (Å²) in [5.74, 6) is -2.20. The van der Waals surface area contributed by atoms with Gasteiger partial charge < -0.3 is 26.1 Å². The van der Waals surface area contributed by atoms with E-state index in [0.717, 1.165) is 41.9 Å². The number of nitrogens with two attached hydrogens (primary N) is 2. The number of esters is 1. The van der Waals surface area contributed by atoms with Gasteiger partial charge in [-0.05, 0) is 48.6 Å². The zero-order chi connectivity index (χ0) is 25.8. The van der Waals surface area contributed by atoms with Gasteiger partial charge in [0.2, 0.25) is 11.4 Å². The highest BCUT2D eigenvalue weighted by atomic mass is 19.1. The van der Waals surface area contributed by atoms with Crippen molar-refractivity contribution in [3.05, 3.63) is 75.2 Å². The molecule has 0 saturated heterocycles. The van der Waals surface area contributed by atoms with Gasteiger partial charge in [0, 0.05) is 36.7 Å². The highest BCUT2D eigenvalue weighted by Gasteiger charge is 2.29. The lowest BCUT2D eigenvalue weighted by atomic mass is 9.98. The summed E-state index contributed by atoms with van der Waals surface area (Å²) in [6, 6.07) is 6.14. The van der Waals surface area contributed by atoms with Crippen molar-refractivity contribution in [3.63, 3.8) is 0 Å². The van der Waals surface area contributed by atoms with E-state index in [9.17, 15) is 9.59 Å². The normalized spacial score (nSPS) is 14.7. The number of carbonyl (C=O) groups excluding carboxylic acids is 1. The molecule has 0 amide bonds. The number of aromatic nitrogens is 3. The minimum Gasteiger partial charge on any atom is -0.459 e. The predicted octanol–water partition coefficient (Wildman–Crippen LogP) is 3.31. The van der Waals surface area contributed by atoms with Crippen LogP contribution in [-0.2, 0) is 17.7 Å². The van der Waals surface area contributed by atoms with Crippen molar-refractivity contribution in [2.45, 2.75) is 31.9 Å². The number of H-pyrrole nitrogens is 1. The van der Waals surface area contributed by atoms with E-state index in [0.29, 0.717) is 30.9 Å². The largest absolute Gasteiger partial charge is 0.459 e. The van der Waals surface area contributed by atoms with Gasteiger partial charge in [-0.3, -0.25) is 4.79 Å². The van der Waals surface area contributed by atoms with Crippen molar-refractivity contribution in [2.24, 2.45) is 0 Å². The number of halogens is 2. The van der Waals surface area contributed by atoms with Crippen molar-refractivity contribution in [1.82, 2.24) is 15.0 Å². The van der Waals surface area contributed by atoms with E-state index < -0.39 is 23.0 Å². The minimum absolute atomic E-state index is 0.0999. The average Bonchev–Trinajstić information content (AvgIpc) is 3.59. The molecular weight excluding hydrogens is 482 g/mol. The van der Waals surface area contributed by atoms with Crippen LogP contribution in [0, 0.1) is 11.6 Å². The second-order valence-corrected chi connectivity index (χ2v) is 9.26. The van der Waals surface area contributed by atoms with Crippen LogP contribution in [0.2, 0.25) is 0 Å². The summed E-state index contributed by atoms with van der Waals surface area (Å²) < 4.78 is 36.0. The third kappa shape index (κ3) is 4.02. The molecule has 0 unspecified atom stereocenters. The lowest BCUT2D eigenvalue weighted by Gasteiger charge is -2.20. The topological polar surface area (TPSA) is 140 Å². The number of benzene rings is 2. The van der Waals surface area contributed by atoms with Crippen molar-refractivity contribution in [2.75, 3.05) is 22.9 Å². The summed E-state index contributed by atoms with van der Waals surface area (Å²) in [5, 5.41) is -0.250. The Morgan fingerprint density at radius 2 is 2.03 bits per heavy atom.